The number of carbonyl (C=O) groups excluding carboxylic acids is 2. The summed E-state index contributed by atoms with van der Waals surface area (Å²) < 4.78 is 0. The summed E-state index contributed by atoms with van der Waals surface area (Å²) >= 11 is 0. The molecule has 2 amide bonds. The molecule has 0 bridgehead atoms. The lowest BCUT2D eigenvalue weighted by molar-refractivity contribution is 0.112. The molecule has 0 spiro atoms. The maximum atomic E-state index is 11.6. The first-order chi connectivity index (χ1) is 9.19. The van der Waals surface area contributed by atoms with Crippen molar-refractivity contribution in [3.05, 3.63) is 29.3 Å². The normalized spacial score (nSPS) is 22.2. The Bertz CT molecular complexity index is 529. The van der Waals surface area contributed by atoms with Crippen LogP contribution in [0.25, 0.3) is 0 Å². The van der Waals surface area contributed by atoms with E-state index in [2.05, 4.69) is 10.2 Å². The van der Waals surface area contributed by atoms with Crippen LogP contribution >= 0.6 is 0 Å². The second-order valence-corrected chi connectivity index (χ2v) is 5.16. The largest absolute Gasteiger partial charge is 0.367 e. The van der Waals surface area contributed by atoms with E-state index in [4.69, 9.17) is 0 Å². The summed E-state index contributed by atoms with van der Waals surface area (Å²) in [7, 11) is 0. The van der Waals surface area contributed by atoms with Crippen molar-refractivity contribution in [3.63, 3.8) is 0 Å². The third kappa shape index (κ3) is 2.05. The van der Waals surface area contributed by atoms with E-state index in [1.165, 1.54) is 0 Å². The first-order valence-corrected chi connectivity index (χ1v) is 6.54. The summed E-state index contributed by atoms with van der Waals surface area (Å²) in [6, 6.07) is 6.17. The van der Waals surface area contributed by atoms with E-state index >= 15 is 0 Å². The van der Waals surface area contributed by atoms with Gasteiger partial charge in [-0.1, -0.05) is 11.6 Å². The van der Waals surface area contributed by atoms with Gasteiger partial charge < -0.3 is 15.1 Å². The first-order valence-electron chi connectivity index (χ1n) is 6.54. The van der Waals surface area contributed by atoms with Gasteiger partial charge in [-0.15, -0.1) is 0 Å². The smallest absolute Gasteiger partial charge is 0.317 e. The van der Waals surface area contributed by atoms with Gasteiger partial charge in [0.25, 0.3) is 0 Å². The number of hydrogen-bond acceptors (Lipinski definition) is 3. The van der Waals surface area contributed by atoms with Crippen LogP contribution in [0.5, 0.6) is 0 Å². The number of carbonyl (C=O) groups is 2. The number of rotatable bonds is 2. The lowest BCUT2D eigenvalue weighted by Crippen LogP contribution is -2.52. The molecule has 5 heteroatoms. The van der Waals surface area contributed by atoms with Crippen LogP contribution in [0, 0.1) is 6.92 Å². The number of nitrogens with one attached hydrogen (secondary N) is 1. The predicted octanol–water partition coefficient (Wildman–Crippen LogP) is 1.02. The van der Waals surface area contributed by atoms with Crippen molar-refractivity contribution in [3.8, 4) is 0 Å². The lowest BCUT2D eigenvalue weighted by Gasteiger charge is -2.38. The Balaban J connectivity index is 1.84. The third-order valence-electron chi connectivity index (χ3n) is 3.88. The monoisotopic (exact) mass is 259 g/mol. The molecule has 0 aliphatic carbocycles. The third-order valence-corrected chi connectivity index (χ3v) is 3.88. The number of amides is 2. The van der Waals surface area contributed by atoms with Crippen molar-refractivity contribution in [1.29, 1.82) is 0 Å². The fourth-order valence-corrected chi connectivity index (χ4v) is 2.88. The number of aryl methyl sites for hydroxylation is 1. The summed E-state index contributed by atoms with van der Waals surface area (Å²) in [6.45, 7) is 4.94. The van der Waals surface area contributed by atoms with Gasteiger partial charge in [0.05, 0.1) is 6.04 Å². The Morgan fingerprint density at radius 2 is 2.21 bits per heavy atom. The van der Waals surface area contributed by atoms with E-state index < -0.39 is 0 Å². The summed E-state index contributed by atoms with van der Waals surface area (Å²) in [5.74, 6) is 0. The Kier molecular flexibility index (Phi) is 2.89. The van der Waals surface area contributed by atoms with E-state index in [0.717, 1.165) is 36.2 Å². The van der Waals surface area contributed by atoms with E-state index in [1.807, 2.05) is 30.0 Å². The SMILES string of the molecule is Cc1ccc(N2CCN3C(=O)NCC3C2)c(C=O)c1. The zero-order valence-electron chi connectivity index (χ0n) is 10.9. The number of benzene rings is 1. The topological polar surface area (TPSA) is 52.6 Å². The number of hydrogen-bond donors (Lipinski definition) is 1. The minimum Gasteiger partial charge on any atom is -0.367 e. The van der Waals surface area contributed by atoms with E-state index in [0.29, 0.717) is 13.1 Å². The molecule has 0 radical (unpaired) electrons. The highest BCUT2D eigenvalue weighted by Gasteiger charge is 2.35. The minimum atomic E-state index is 0.0316. The Hall–Kier alpha value is -2.04. The van der Waals surface area contributed by atoms with Crippen LogP contribution in [0.4, 0.5) is 10.5 Å². The molecule has 1 N–H and O–H groups in total. The molecule has 0 saturated carbocycles. The average Bonchev–Trinajstić information content (AvgIpc) is 2.79. The molecule has 100 valence electrons. The number of urea groups is 1. The Labute approximate surface area is 112 Å². The van der Waals surface area contributed by atoms with Gasteiger partial charge in [-0.3, -0.25) is 4.79 Å². The maximum Gasteiger partial charge on any atom is 0.317 e. The molecule has 2 aliphatic heterocycles. The molecule has 1 aromatic carbocycles. The zero-order chi connectivity index (χ0) is 13.4. The molecule has 1 aromatic rings. The van der Waals surface area contributed by atoms with Gasteiger partial charge in [0, 0.05) is 37.4 Å². The molecule has 1 atom stereocenters. The number of anilines is 1. The predicted molar refractivity (Wildman–Crippen MR) is 72.7 cm³/mol. The molecule has 1 unspecified atom stereocenters. The fraction of sp³-hybridized carbons (Fsp3) is 0.429. The molecule has 2 fully saturated rings. The number of aldehydes is 1. The van der Waals surface area contributed by atoms with Crippen molar-refractivity contribution in [1.82, 2.24) is 10.2 Å². The Morgan fingerprint density at radius 1 is 1.37 bits per heavy atom. The average molecular weight is 259 g/mol. The second kappa shape index (κ2) is 4.57. The molecular formula is C14H17N3O2. The summed E-state index contributed by atoms with van der Waals surface area (Å²) in [6.07, 6.45) is 0.909. The summed E-state index contributed by atoms with van der Waals surface area (Å²) in [5, 5.41) is 2.86. The van der Waals surface area contributed by atoms with Gasteiger partial charge in [-0.05, 0) is 19.1 Å². The van der Waals surface area contributed by atoms with Crippen LogP contribution in [0.1, 0.15) is 15.9 Å². The molecule has 2 saturated heterocycles. The van der Waals surface area contributed by atoms with E-state index in [1.54, 1.807) is 0 Å². The minimum absolute atomic E-state index is 0.0316. The van der Waals surface area contributed by atoms with Gasteiger partial charge in [-0.2, -0.15) is 0 Å². The van der Waals surface area contributed by atoms with Crippen LogP contribution in [-0.2, 0) is 0 Å². The highest BCUT2D eigenvalue weighted by molar-refractivity contribution is 5.85. The van der Waals surface area contributed by atoms with Crippen molar-refractivity contribution >= 4 is 18.0 Å². The first kappa shape index (κ1) is 12.0. The van der Waals surface area contributed by atoms with Crippen molar-refractivity contribution < 1.29 is 9.59 Å². The molecule has 3 rings (SSSR count). The zero-order valence-corrected chi connectivity index (χ0v) is 10.9. The standard InChI is InChI=1S/C14H17N3O2/c1-10-2-3-13(11(6-10)9-18)16-4-5-17-12(8-16)7-15-14(17)19/h2-3,6,9,12H,4-5,7-8H2,1H3,(H,15,19). The number of nitrogens with zero attached hydrogens (tertiary/aromatic N) is 2. The summed E-state index contributed by atoms with van der Waals surface area (Å²) in [5.41, 5.74) is 2.78. The maximum absolute atomic E-state index is 11.6. The highest BCUT2D eigenvalue weighted by atomic mass is 16.2. The van der Waals surface area contributed by atoms with Crippen LogP contribution in [0.3, 0.4) is 0 Å². The second-order valence-electron chi connectivity index (χ2n) is 5.16. The quantitative estimate of drug-likeness (QED) is 0.807. The molecule has 2 aliphatic rings. The van der Waals surface area contributed by atoms with Crippen LogP contribution < -0.4 is 10.2 Å². The van der Waals surface area contributed by atoms with Crippen molar-refractivity contribution in [2.45, 2.75) is 13.0 Å². The van der Waals surface area contributed by atoms with Crippen LogP contribution in [-0.4, -0.2) is 49.4 Å². The molecule has 19 heavy (non-hydrogen) atoms. The van der Waals surface area contributed by atoms with Crippen LogP contribution in [0.15, 0.2) is 18.2 Å². The van der Waals surface area contributed by atoms with Gasteiger partial charge in [-0.25, -0.2) is 4.79 Å². The van der Waals surface area contributed by atoms with Gasteiger partial charge in [0.15, 0.2) is 6.29 Å². The van der Waals surface area contributed by atoms with Gasteiger partial charge in [0.1, 0.15) is 0 Å². The molecule has 5 nitrogen and oxygen atoms in total. The van der Waals surface area contributed by atoms with Crippen molar-refractivity contribution in [2.75, 3.05) is 31.1 Å². The van der Waals surface area contributed by atoms with E-state index in [-0.39, 0.29) is 12.1 Å². The highest BCUT2D eigenvalue weighted by Crippen LogP contribution is 2.24. The molecule has 2 heterocycles. The fourth-order valence-electron chi connectivity index (χ4n) is 2.88. The van der Waals surface area contributed by atoms with Crippen molar-refractivity contribution in [2.24, 2.45) is 0 Å². The Morgan fingerprint density at radius 3 is 3.00 bits per heavy atom. The molecule has 0 aromatic heterocycles. The van der Waals surface area contributed by atoms with Gasteiger partial charge >= 0.3 is 6.03 Å². The van der Waals surface area contributed by atoms with E-state index in [9.17, 15) is 9.59 Å². The summed E-state index contributed by atoms with van der Waals surface area (Å²) in [4.78, 5) is 26.8. The lowest BCUT2D eigenvalue weighted by atomic mass is 10.1. The molecular weight excluding hydrogens is 242 g/mol. The number of piperazine rings is 1. The van der Waals surface area contributed by atoms with Crippen LogP contribution in [0.2, 0.25) is 0 Å². The number of fused-ring (bicyclic) bond motifs is 1. The van der Waals surface area contributed by atoms with Gasteiger partial charge in [0.2, 0.25) is 0 Å².